The minimum Gasteiger partial charge on any atom is -0.340 e. The fourth-order valence-electron chi connectivity index (χ4n) is 2.28. The Bertz CT molecular complexity index is 600. The summed E-state index contributed by atoms with van der Waals surface area (Å²) >= 11 is 0. The van der Waals surface area contributed by atoms with Crippen molar-refractivity contribution in [3.05, 3.63) is 77.7 Å². The van der Waals surface area contributed by atoms with Gasteiger partial charge in [0.05, 0.1) is 0 Å². The van der Waals surface area contributed by atoms with E-state index in [1.54, 1.807) is 6.07 Å². The highest BCUT2D eigenvalue weighted by atomic mass is 17.1. The molecule has 1 radical (unpaired) electrons. The lowest BCUT2D eigenvalue weighted by molar-refractivity contribution is -0.137. The Hall–Kier alpha value is -2.06. The maximum absolute atomic E-state index is 8.90. The van der Waals surface area contributed by atoms with Crippen molar-refractivity contribution < 1.29 is 10.1 Å². The van der Waals surface area contributed by atoms with Crippen molar-refractivity contribution in [1.29, 1.82) is 0 Å². The molecule has 3 rings (SSSR count). The molecule has 1 aliphatic rings. The molecule has 0 bridgehead atoms. The normalized spacial score (nSPS) is 13.7. The van der Waals surface area contributed by atoms with Gasteiger partial charge in [0, 0.05) is 12.0 Å². The van der Waals surface area contributed by atoms with Gasteiger partial charge in [-0.15, -0.1) is 0 Å². The van der Waals surface area contributed by atoms with Crippen LogP contribution in [0.15, 0.2) is 54.6 Å². The lowest BCUT2D eigenvalue weighted by atomic mass is 9.88. The highest BCUT2D eigenvalue weighted by Crippen LogP contribution is 2.33. The minimum absolute atomic E-state index is 0.486. The topological polar surface area (TPSA) is 29.5 Å². The van der Waals surface area contributed by atoms with Crippen LogP contribution in [0.25, 0.3) is 5.57 Å². The molecule has 0 fully saturated rings. The summed E-state index contributed by atoms with van der Waals surface area (Å²) in [7, 11) is 0. The summed E-state index contributed by atoms with van der Waals surface area (Å²) in [6.45, 7) is 0. The van der Waals surface area contributed by atoms with E-state index in [1.165, 1.54) is 11.1 Å². The second-order valence-corrected chi connectivity index (χ2v) is 4.29. The lowest BCUT2D eigenvalue weighted by Gasteiger charge is -2.17. The quantitative estimate of drug-likeness (QED) is 0.637. The van der Waals surface area contributed by atoms with Gasteiger partial charge in [0.2, 0.25) is 0 Å². The van der Waals surface area contributed by atoms with E-state index in [0.717, 1.165) is 17.6 Å². The van der Waals surface area contributed by atoms with Crippen molar-refractivity contribution >= 4 is 5.57 Å². The molecule has 0 saturated heterocycles. The van der Waals surface area contributed by atoms with Gasteiger partial charge in [0.25, 0.3) is 0 Å². The zero-order chi connectivity index (χ0) is 12.4. The summed E-state index contributed by atoms with van der Waals surface area (Å²) in [5, 5.41) is 8.90. The Morgan fingerprint density at radius 3 is 2.61 bits per heavy atom. The van der Waals surface area contributed by atoms with Crippen LogP contribution in [0.2, 0.25) is 0 Å². The van der Waals surface area contributed by atoms with Crippen LogP contribution in [-0.4, -0.2) is 5.26 Å². The van der Waals surface area contributed by atoms with Crippen LogP contribution >= 0.6 is 0 Å². The molecule has 2 heteroatoms. The van der Waals surface area contributed by atoms with E-state index in [1.807, 2.05) is 24.3 Å². The number of hydrogen-bond acceptors (Lipinski definition) is 2. The number of allylic oxidation sites excluding steroid dienone is 2. The van der Waals surface area contributed by atoms with Gasteiger partial charge >= 0.3 is 0 Å². The van der Waals surface area contributed by atoms with Crippen LogP contribution in [-0.2, 0) is 6.42 Å². The highest BCUT2D eigenvalue weighted by molar-refractivity contribution is 5.81. The van der Waals surface area contributed by atoms with Crippen LogP contribution in [0.5, 0.6) is 5.75 Å². The van der Waals surface area contributed by atoms with Crippen LogP contribution in [0.4, 0.5) is 0 Å². The summed E-state index contributed by atoms with van der Waals surface area (Å²) < 4.78 is 0. The van der Waals surface area contributed by atoms with Crippen molar-refractivity contribution in [2.24, 2.45) is 0 Å². The number of hydrogen-bond donors (Lipinski definition) is 1. The van der Waals surface area contributed by atoms with Gasteiger partial charge in [0.1, 0.15) is 0 Å². The molecule has 18 heavy (non-hydrogen) atoms. The SMILES string of the molecule is OOc1ccccc1C1=CCc2ccccc2[CH]1. The fourth-order valence-corrected chi connectivity index (χ4v) is 2.28. The van der Waals surface area contributed by atoms with E-state index in [-0.39, 0.29) is 0 Å². The number of fused-ring (bicyclic) bond motifs is 1. The molecule has 0 unspecified atom stereocenters. The summed E-state index contributed by atoms with van der Waals surface area (Å²) in [5.74, 6) is 0.486. The first-order chi connectivity index (χ1) is 8.88. The Morgan fingerprint density at radius 1 is 0.944 bits per heavy atom. The van der Waals surface area contributed by atoms with Crippen molar-refractivity contribution in [3.63, 3.8) is 0 Å². The van der Waals surface area contributed by atoms with Gasteiger partial charge in [-0.2, -0.15) is 0 Å². The molecule has 1 N–H and O–H groups in total. The average Bonchev–Trinajstić information content (AvgIpc) is 2.46. The first kappa shape index (κ1) is 11.1. The van der Waals surface area contributed by atoms with E-state index in [9.17, 15) is 0 Å². The Morgan fingerprint density at radius 2 is 1.72 bits per heavy atom. The van der Waals surface area contributed by atoms with Gasteiger partial charge in [-0.25, -0.2) is 5.26 Å². The Labute approximate surface area is 106 Å². The molecule has 0 saturated carbocycles. The van der Waals surface area contributed by atoms with Crippen LogP contribution in [0.1, 0.15) is 16.7 Å². The number of benzene rings is 2. The average molecular weight is 237 g/mol. The molecule has 89 valence electrons. The molecule has 0 aromatic heterocycles. The number of para-hydroxylation sites is 1. The lowest BCUT2D eigenvalue weighted by Crippen LogP contribution is -2.01. The molecule has 2 nitrogen and oxygen atoms in total. The largest absolute Gasteiger partial charge is 0.340 e. The van der Waals surface area contributed by atoms with E-state index in [4.69, 9.17) is 5.26 Å². The second kappa shape index (κ2) is 4.67. The monoisotopic (exact) mass is 237 g/mol. The van der Waals surface area contributed by atoms with Crippen LogP contribution < -0.4 is 4.89 Å². The molecule has 0 heterocycles. The maximum Gasteiger partial charge on any atom is 0.172 e. The van der Waals surface area contributed by atoms with Crippen molar-refractivity contribution in [2.75, 3.05) is 0 Å². The molecule has 2 aromatic rings. The van der Waals surface area contributed by atoms with E-state index < -0.39 is 0 Å². The third kappa shape index (κ3) is 1.91. The zero-order valence-electron chi connectivity index (χ0n) is 9.84. The first-order valence-corrected chi connectivity index (χ1v) is 5.92. The fraction of sp³-hybridized carbons (Fsp3) is 0.0625. The molecule has 0 spiro atoms. The van der Waals surface area contributed by atoms with Gasteiger partial charge in [-0.1, -0.05) is 48.5 Å². The Balaban J connectivity index is 1.98. The zero-order valence-corrected chi connectivity index (χ0v) is 9.84. The van der Waals surface area contributed by atoms with Crippen molar-refractivity contribution in [2.45, 2.75) is 6.42 Å². The predicted molar refractivity (Wildman–Crippen MR) is 71.2 cm³/mol. The van der Waals surface area contributed by atoms with Crippen LogP contribution in [0.3, 0.4) is 0 Å². The molecule has 0 amide bonds. The summed E-state index contributed by atoms with van der Waals surface area (Å²) in [6.07, 6.45) is 5.18. The molecular weight excluding hydrogens is 224 g/mol. The van der Waals surface area contributed by atoms with Crippen molar-refractivity contribution in [3.8, 4) is 5.75 Å². The Kier molecular flexibility index (Phi) is 2.87. The van der Waals surface area contributed by atoms with Gasteiger partial charge in [0.15, 0.2) is 5.75 Å². The molecule has 1 aliphatic carbocycles. The molecule has 0 aliphatic heterocycles. The van der Waals surface area contributed by atoms with Gasteiger partial charge < -0.3 is 4.89 Å². The smallest absolute Gasteiger partial charge is 0.172 e. The minimum atomic E-state index is 0.486. The summed E-state index contributed by atoms with van der Waals surface area (Å²) in [6, 6.07) is 15.8. The van der Waals surface area contributed by atoms with E-state index >= 15 is 0 Å². The summed E-state index contributed by atoms with van der Waals surface area (Å²) in [5.41, 5.74) is 4.54. The third-order valence-corrected chi connectivity index (χ3v) is 3.20. The summed E-state index contributed by atoms with van der Waals surface area (Å²) in [4.78, 5) is 4.43. The van der Waals surface area contributed by atoms with Gasteiger partial charge in [-0.05, 0) is 29.2 Å². The number of rotatable bonds is 2. The third-order valence-electron chi connectivity index (χ3n) is 3.20. The maximum atomic E-state index is 8.90. The molecule has 2 aromatic carbocycles. The standard InChI is InChI=1S/C16H13O2/c17-18-16-8-4-3-7-15(16)14-10-9-12-5-1-2-6-13(12)11-14/h1-8,10-11,17H,9H2. The van der Waals surface area contributed by atoms with Crippen LogP contribution in [0, 0.1) is 6.42 Å². The highest BCUT2D eigenvalue weighted by Gasteiger charge is 2.15. The van der Waals surface area contributed by atoms with E-state index in [0.29, 0.717) is 5.75 Å². The van der Waals surface area contributed by atoms with Gasteiger partial charge in [-0.3, -0.25) is 0 Å². The van der Waals surface area contributed by atoms with Crippen molar-refractivity contribution in [1.82, 2.24) is 0 Å². The molecule has 0 atom stereocenters. The first-order valence-electron chi connectivity index (χ1n) is 5.92. The second-order valence-electron chi connectivity index (χ2n) is 4.29. The molecular formula is C16H13O2. The predicted octanol–water partition coefficient (Wildman–Crippen LogP) is 3.73. The van der Waals surface area contributed by atoms with E-state index in [2.05, 4.69) is 35.6 Å².